The second kappa shape index (κ2) is 4.99. The van der Waals surface area contributed by atoms with Crippen LogP contribution in [0.4, 0.5) is 9.59 Å². The minimum absolute atomic E-state index is 0.0294. The van der Waals surface area contributed by atoms with Crippen molar-refractivity contribution in [1.82, 2.24) is 10.6 Å². The van der Waals surface area contributed by atoms with Gasteiger partial charge in [0.2, 0.25) is 0 Å². The van der Waals surface area contributed by atoms with Gasteiger partial charge in [-0.1, -0.05) is 0 Å². The Morgan fingerprint density at radius 1 is 0.875 bits per heavy atom. The largest absolute Gasteiger partial charge is 0.465 e. The summed E-state index contributed by atoms with van der Waals surface area (Å²) in [6.45, 7) is 0. The number of hydrogen-bond acceptors (Lipinski definition) is 4. The highest BCUT2D eigenvalue weighted by atomic mass is 16.4. The van der Waals surface area contributed by atoms with Crippen LogP contribution in [0.1, 0.15) is 12.8 Å². The molecule has 0 aromatic heterocycles. The third-order valence-corrected chi connectivity index (χ3v) is 2.54. The average molecular weight is 234 g/mol. The summed E-state index contributed by atoms with van der Waals surface area (Å²) in [5, 5.41) is 40.0. The van der Waals surface area contributed by atoms with E-state index in [0.717, 1.165) is 0 Å². The lowest BCUT2D eigenvalue weighted by atomic mass is 9.86. The summed E-state index contributed by atoms with van der Waals surface area (Å²) < 4.78 is 0. The molecular formula is C8H14N2O6. The highest BCUT2D eigenvalue weighted by Gasteiger charge is 2.37. The van der Waals surface area contributed by atoms with Crippen LogP contribution in [0.5, 0.6) is 0 Å². The Morgan fingerprint density at radius 3 is 1.44 bits per heavy atom. The summed E-state index contributed by atoms with van der Waals surface area (Å²) in [7, 11) is 0. The van der Waals surface area contributed by atoms with Gasteiger partial charge in [0.05, 0.1) is 24.3 Å². The van der Waals surface area contributed by atoms with E-state index in [-0.39, 0.29) is 12.8 Å². The van der Waals surface area contributed by atoms with Crippen LogP contribution in [0.3, 0.4) is 0 Å². The molecule has 1 aliphatic carbocycles. The molecule has 1 saturated carbocycles. The Labute approximate surface area is 90.9 Å². The fraction of sp³-hybridized carbons (Fsp3) is 0.750. The molecular weight excluding hydrogens is 220 g/mol. The monoisotopic (exact) mass is 234 g/mol. The quantitative estimate of drug-likeness (QED) is 0.354. The Balaban J connectivity index is 2.66. The highest BCUT2D eigenvalue weighted by molar-refractivity contribution is 5.67. The number of aliphatic hydroxyl groups is 2. The molecule has 1 fully saturated rings. The molecule has 8 heteroatoms. The number of rotatable bonds is 2. The molecule has 0 bridgehead atoms. The maximum atomic E-state index is 10.5. The van der Waals surface area contributed by atoms with Crippen LogP contribution < -0.4 is 10.6 Å². The van der Waals surface area contributed by atoms with Gasteiger partial charge in [-0.25, -0.2) is 9.59 Å². The fourth-order valence-electron chi connectivity index (χ4n) is 1.80. The molecule has 8 nitrogen and oxygen atoms in total. The van der Waals surface area contributed by atoms with E-state index in [9.17, 15) is 19.8 Å². The van der Waals surface area contributed by atoms with Crippen LogP contribution in [0, 0.1) is 0 Å². The van der Waals surface area contributed by atoms with Gasteiger partial charge >= 0.3 is 12.2 Å². The van der Waals surface area contributed by atoms with Gasteiger partial charge in [0, 0.05) is 0 Å². The lowest BCUT2D eigenvalue weighted by Gasteiger charge is -2.36. The summed E-state index contributed by atoms with van der Waals surface area (Å²) >= 11 is 0. The molecule has 1 rings (SSSR count). The van der Waals surface area contributed by atoms with E-state index in [1.807, 2.05) is 0 Å². The van der Waals surface area contributed by atoms with Crippen molar-refractivity contribution < 1.29 is 30.0 Å². The molecule has 16 heavy (non-hydrogen) atoms. The summed E-state index contributed by atoms with van der Waals surface area (Å²) in [4.78, 5) is 20.9. The zero-order chi connectivity index (χ0) is 12.3. The van der Waals surface area contributed by atoms with E-state index in [0.29, 0.717) is 0 Å². The predicted molar refractivity (Wildman–Crippen MR) is 51.1 cm³/mol. The van der Waals surface area contributed by atoms with Crippen LogP contribution in [0.2, 0.25) is 0 Å². The Hall–Kier alpha value is -1.54. The van der Waals surface area contributed by atoms with Crippen molar-refractivity contribution in [2.45, 2.75) is 37.1 Å². The van der Waals surface area contributed by atoms with Gasteiger partial charge in [0.1, 0.15) is 0 Å². The molecule has 0 spiro atoms. The van der Waals surface area contributed by atoms with Crippen molar-refractivity contribution in [3.05, 3.63) is 0 Å². The Morgan fingerprint density at radius 2 is 1.19 bits per heavy atom. The van der Waals surface area contributed by atoms with Crippen molar-refractivity contribution in [3.63, 3.8) is 0 Å². The number of amides is 2. The fourth-order valence-corrected chi connectivity index (χ4v) is 1.80. The van der Waals surface area contributed by atoms with E-state index >= 15 is 0 Å². The first-order valence-corrected chi connectivity index (χ1v) is 4.75. The van der Waals surface area contributed by atoms with Gasteiger partial charge in [-0.05, 0) is 12.8 Å². The zero-order valence-electron chi connectivity index (χ0n) is 8.33. The van der Waals surface area contributed by atoms with Crippen LogP contribution >= 0.6 is 0 Å². The average Bonchev–Trinajstić information content (AvgIpc) is 2.11. The van der Waals surface area contributed by atoms with Crippen molar-refractivity contribution in [3.8, 4) is 0 Å². The normalized spacial score (nSPS) is 34.1. The van der Waals surface area contributed by atoms with Gasteiger partial charge in [-0.3, -0.25) is 0 Å². The van der Waals surface area contributed by atoms with E-state index < -0.39 is 36.5 Å². The summed E-state index contributed by atoms with van der Waals surface area (Å²) in [6.07, 6.45) is -4.76. The first kappa shape index (κ1) is 12.5. The van der Waals surface area contributed by atoms with Crippen molar-refractivity contribution >= 4 is 12.2 Å². The smallest absolute Gasteiger partial charge is 0.404 e. The van der Waals surface area contributed by atoms with Crippen LogP contribution in [0.15, 0.2) is 0 Å². The molecule has 4 atom stereocenters. The second-order valence-corrected chi connectivity index (χ2v) is 3.72. The number of aliphatic hydroxyl groups excluding tert-OH is 2. The lowest BCUT2D eigenvalue weighted by molar-refractivity contribution is -0.0276. The molecule has 2 amide bonds. The van der Waals surface area contributed by atoms with Crippen molar-refractivity contribution in [2.24, 2.45) is 0 Å². The van der Waals surface area contributed by atoms with Crippen LogP contribution in [-0.2, 0) is 0 Å². The van der Waals surface area contributed by atoms with E-state index in [1.54, 1.807) is 0 Å². The van der Waals surface area contributed by atoms with E-state index in [1.165, 1.54) is 0 Å². The summed E-state index contributed by atoms with van der Waals surface area (Å²) in [5.74, 6) is 0. The standard InChI is InChI=1S/C8H14N2O6/c11-5-1-3(9-7(13)14)4(2-6(5)12)10-8(15)16/h3-6,9-12H,1-2H2,(H,13,14)(H,15,16)/t3?,4?,5-,6?/m0/s1. The maximum absolute atomic E-state index is 10.5. The second-order valence-electron chi connectivity index (χ2n) is 3.72. The minimum Gasteiger partial charge on any atom is -0.465 e. The van der Waals surface area contributed by atoms with Gasteiger partial charge in [0.15, 0.2) is 0 Å². The van der Waals surface area contributed by atoms with Gasteiger partial charge in [0.25, 0.3) is 0 Å². The topological polar surface area (TPSA) is 139 Å². The Bertz CT molecular complexity index is 256. The van der Waals surface area contributed by atoms with E-state index in [2.05, 4.69) is 10.6 Å². The molecule has 0 aliphatic heterocycles. The van der Waals surface area contributed by atoms with Gasteiger partial charge in [-0.2, -0.15) is 0 Å². The Kier molecular flexibility index (Phi) is 3.91. The van der Waals surface area contributed by atoms with Gasteiger partial charge < -0.3 is 31.1 Å². The first-order chi connectivity index (χ1) is 7.40. The molecule has 0 heterocycles. The number of carbonyl (C=O) groups is 2. The molecule has 0 aromatic rings. The number of carboxylic acid groups (broad SMARTS) is 2. The summed E-state index contributed by atoms with van der Waals surface area (Å²) in [6, 6.07) is -1.49. The van der Waals surface area contributed by atoms with E-state index in [4.69, 9.17) is 10.2 Å². The SMILES string of the molecule is O=C(O)NC1CC(O)[C@@H](O)CC1NC(=O)O. The predicted octanol–water partition coefficient (Wildman–Crippen LogP) is -1.23. The molecule has 0 aromatic carbocycles. The molecule has 0 saturated heterocycles. The molecule has 3 unspecified atom stereocenters. The van der Waals surface area contributed by atoms with Gasteiger partial charge in [-0.15, -0.1) is 0 Å². The molecule has 1 aliphatic rings. The molecule has 92 valence electrons. The third kappa shape index (κ3) is 3.24. The van der Waals surface area contributed by atoms with Crippen LogP contribution in [0.25, 0.3) is 0 Å². The zero-order valence-corrected chi connectivity index (χ0v) is 8.33. The summed E-state index contributed by atoms with van der Waals surface area (Å²) in [5.41, 5.74) is 0. The lowest BCUT2D eigenvalue weighted by Crippen LogP contribution is -2.58. The number of nitrogens with one attached hydrogen (secondary N) is 2. The number of hydrogen-bond donors (Lipinski definition) is 6. The molecule has 6 N–H and O–H groups in total. The maximum Gasteiger partial charge on any atom is 0.404 e. The molecule has 0 radical (unpaired) electrons. The third-order valence-electron chi connectivity index (χ3n) is 2.54. The first-order valence-electron chi connectivity index (χ1n) is 4.75. The minimum atomic E-state index is -1.30. The van der Waals surface area contributed by atoms with Crippen molar-refractivity contribution in [1.29, 1.82) is 0 Å². The highest BCUT2D eigenvalue weighted by Crippen LogP contribution is 2.20. The van der Waals surface area contributed by atoms with Crippen LogP contribution in [-0.4, -0.2) is 56.9 Å². The van der Waals surface area contributed by atoms with Crippen molar-refractivity contribution in [2.75, 3.05) is 0 Å².